The summed E-state index contributed by atoms with van der Waals surface area (Å²) in [4.78, 5) is 13.5. The third-order valence-electron chi connectivity index (χ3n) is 5.51. The molecule has 4 rings (SSSR count). The van der Waals surface area contributed by atoms with E-state index >= 15 is 0 Å². The lowest BCUT2D eigenvalue weighted by Gasteiger charge is -2.36. The minimum Gasteiger partial charge on any atom is -0.465 e. The molecule has 2 aliphatic rings. The number of furan rings is 1. The van der Waals surface area contributed by atoms with Gasteiger partial charge in [0.05, 0.1) is 19.3 Å². The Morgan fingerprint density at radius 1 is 1.11 bits per heavy atom. The fourth-order valence-electron chi connectivity index (χ4n) is 3.95. The lowest BCUT2D eigenvalue weighted by Crippen LogP contribution is -2.47. The molecule has 0 aliphatic carbocycles. The Balaban J connectivity index is 1.33. The van der Waals surface area contributed by atoms with Crippen LogP contribution >= 0.6 is 0 Å². The predicted octanol–water partition coefficient (Wildman–Crippen LogP) is 2.01. The molecule has 1 N–H and O–H groups in total. The predicted molar refractivity (Wildman–Crippen MR) is 104 cm³/mol. The van der Waals surface area contributed by atoms with Gasteiger partial charge in [-0.15, -0.1) is 0 Å². The third-order valence-corrected chi connectivity index (χ3v) is 5.51. The van der Waals surface area contributed by atoms with Crippen molar-refractivity contribution in [3.05, 3.63) is 42.1 Å². The Morgan fingerprint density at radius 2 is 1.85 bits per heavy atom. The van der Waals surface area contributed by atoms with E-state index in [-0.39, 0.29) is 6.04 Å². The zero-order valence-electron chi connectivity index (χ0n) is 16.0. The van der Waals surface area contributed by atoms with Gasteiger partial charge < -0.3 is 19.4 Å². The normalized spacial score (nSPS) is 20.7. The molecule has 0 amide bonds. The van der Waals surface area contributed by atoms with Crippen molar-refractivity contribution in [2.24, 2.45) is 0 Å². The number of rotatable bonds is 6. The zero-order valence-corrected chi connectivity index (χ0v) is 16.0. The number of ether oxygens (including phenoxy) is 1. The number of hydrogen-bond donors (Lipinski definition) is 1. The first-order chi connectivity index (χ1) is 13.3. The van der Waals surface area contributed by atoms with Gasteiger partial charge >= 0.3 is 0 Å². The van der Waals surface area contributed by atoms with Gasteiger partial charge in [0.15, 0.2) is 0 Å². The fraction of sp³-hybridized carbons (Fsp3) is 0.600. The molecule has 7 nitrogen and oxygen atoms in total. The molecule has 0 saturated carbocycles. The van der Waals surface area contributed by atoms with Gasteiger partial charge in [0.2, 0.25) is 5.95 Å². The number of aryl methyl sites for hydroxylation is 1. The van der Waals surface area contributed by atoms with Crippen molar-refractivity contribution in [3.8, 4) is 0 Å². The van der Waals surface area contributed by atoms with Crippen LogP contribution in [0.4, 0.5) is 5.95 Å². The third kappa shape index (κ3) is 4.66. The second kappa shape index (κ2) is 8.82. The van der Waals surface area contributed by atoms with Crippen LogP contribution in [0.25, 0.3) is 0 Å². The highest BCUT2D eigenvalue weighted by Crippen LogP contribution is 2.24. The maximum Gasteiger partial charge on any atom is 0.225 e. The molecule has 4 heterocycles. The average Bonchev–Trinajstić information content (AvgIpc) is 3.16. The molecular weight excluding hydrogens is 342 g/mol. The van der Waals surface area contributed by atoms with E-state index in [0.29, 0.717) is 6.04 Å². The molecule has 2 aromatic rings. The van der Waals surface area contributed by atoms with Crippen LogP contribution in [0.5, 0.6) is 0 Å². The molecular formula is C20H29N5O2. The molecule has 146 valence electrons. The van der Waals surface area contributed by atoms with Crippen LogP contribution in [0, 0.1) is 6.92 Å². The first-order valence-corrected chi connectivity index (χ1v) is 9.93. The van der Waals surface area contributed by atoms with Gasteiger partial charge in [-0.2, -0.15) is 0 Å². The lowest BCUT2D eigenvalue weighted by atomic mass is 10.0. The largest absolute Gasteiger partial charge is 0.465 e. The Labute approximate surface area is 160 Å². The van der Waals surface area contributed by atoms with Gasteiger partial charge in [0.25, 0.3) is 0 Å². The molecule has 0 aromatic carbocycles. The standard InChI is InChI=1S/C20H29N5O2/c1-16-3-4-19(27-16)18(24-11-13-26-14-12-24)15-23-17-5-9-25(10-6-17)20-21-7-2-8-22-20/h2-4,7-8,17-18,23H,5-6,9-15H2,1H3/t18-/m0/s1. The van der Waals surface area contributed by atoms with Crippen LogP contribution in [0.3, 0.4) is 0 Å². The van der Waals surface area contributed by atoms with Crippen LogP contribution in [-0.2, 0) is 4.74 Å². The Kier molecular flexibility index (Phi) is 6.01. The highest BCUT2D eigenvalue weighted by atomic mass is 16.5. The Hall–Kier alpha value is -1.96. The maximum atomic E-state index is 5.97. The summed E-state index contributed by atoms with van der Waals surface area (Å²) >= 11 is 0. The monoisotopic (exact) mass is 371 g/mol. The number of nitrogens with zero attached hydrogens (tertiary/aromatic N) is 4. The van der Waals surface area contributed by atoms with E-state index in [1.807, 2.05) is 25.4 Å². The van der Waals surface area contributed by atoms with Crippen molar-refractivity contribution < 1.29 is 9.15 Å². The SMILES string of the molecule is Cc1ccc([C@H](CNC2CCN(c3ncccn3)CC2)N2CCOCC2)o1. The summed E-state index contributed by atoms with van der Waals surface area (Å²) in [5.74, 6) is 2.87. The molecule has 7 heteroatoms. The van der Waals surface area contributed by atoms with Gasteiger partial charge in [0.1, 0.15) is 11.5 Å². The van der Waals surface area contributed by atoms with E-state index in [1.54, 1.807) is 0 Å². The summed E-state index contributed by atoms with van der Waals surface area (Å²) in [6.45, 7) is 8.39. The number of aromatic nitrogens is 2. The van der Waals surface area contributed by atoms with E-state index in [1.165, 1.54) is 0 Å². The van der Waals surface area contributed by atoms with Gasteiger partial charge in [-0.3, -0.25) is 4.90 Å². The van der Waals surface area contributed by atoms with Crippen LogP contribution in [-0.4, -0.2) is 66.8 Å². The maximum absolute atomic E-state index is 5.97. The first-order valence-electron chi connectivity index (χ1n) is 9.93. The molecule has 0 unspecified atom stereocenters. The van der Waals surface area contributed by atoms with Crippen LogP contribution in [0.2, 0.25) is 0 Å². The smallest absolute Gasteiger partial charge is 0.225 e. The summed E-state index contributed by atoms with van der Waals surface area (Å²) in [6, 6.07) is 6.82. The summed E-state index contributed by atoms with van der Waals surface area (Å²) < 4.78 is 11.5. The van der Waals surface area contributed by atoms with Crippen molar-refractivity contribution in [2.75, 3.05) is 50.8 Å². The van der Waals surface area contributed by atoms with Crippen molar-refractivity contribution >= 4 is 5.95 Å². The fourth-order valence-corrected chi connectivity index (χ4v) is 3.95. The van der Waals surface area contributed by atoms with Crippen molar-refractivity contribution in [2.45, 2.75) is 31.8 Å². The lowest BCUT2D eigenvalue weighted by molar-refractivity contribution is 0.0108. The van der Waals surface area contributed by atoms with E-state index in [2.05, 4.69) is 37.2 Å². The first kappa shape index (κ1) is 18.4. The van der Waals surface area contributed by atoms with Crippen LogP contribution in [0.15, 0.2) is 35.0 Å². The van der Waals surface area contributed by atoms with Gasteiger partial charge in [-0.1, -0.05) is 0 Å². The van der Waals surface area contributed by atoms with Crippen molar-refractivity contribution in [3.63, 3.8) is 0 Å². The Bertz CT molecular complexity index is 693. The topological polar surface area (TPSA) is 66.7 Å². The van der Waals surface area contributed by atoms with Gasteiger partial charge in [-0.05, 0) is 38.0 Å². The number of hydrogen-bond acceptors (Lipinski definition) is 7. The molecule has 2 fully saturated rings. The molecule has 1 atom stereocenters. The van der Waals surface area contributed by atoms with Crippen molar-refractivity contribution in [1.82, 2.24) is 20.2 Å². The highest BCUT2D eigenvalue weighted by Gasteiger charge is 2.27. The van der Waals surface area contributed by atoms with Crippen LogP contribution in [0.1, 0.15) is 30.4 Å². The summed E-state index contributed by atoms with van der Waals surface area (Å²) in [7, 11) is 0. The van der Waals surface area contributed by atoms with Crippen LogP contribution < -0.4 is 10.2 Å². The minimum absolute atomic E-state index is 0.262. The summed E-state index contributed by atoms with van der Waals surface area (Å²) in [5.41, 5.74) is 0. The summed E-state index contributed by atoms with van der Waals surface area (Å²) in [6.07, 6.45) is 5.83. The molecule has 27 heavy (non-hydrogen) atoms. The zero-order chi connectivity index (χ0) is 18.5. The van der Waals surface area contributed by atoms with Gasteiger partial charge in [0, 0.05) is 51.2 Å². The molecule has 2 aromatic heterocycles. The number of anilines is 1. The minimum atomic E-state index is 0.262. The second-order valence-corrected chi connectivity index (χ2v) is 7.33. The average molecular weight is 371 g/mol. The summed E-state index contributed by atoms with van der Waals surface area (Å²) in [5, 5.41) is 3.79. The Morgan fingerprint density at radius 3 is 2.52 bits per heavy atom. The highest BCUT2D eigenvalue weighted by molar-refractivity contribution is 5.29. The molecule has 0 radical (unpaired) electrons. The van der Waals surface area contributed by atoms with Gasteiger partial charge in [-0.25, -0.2) is 9.97 Å². The number of morpholine rings is 1. The van der Waals surface area contributed by atoms with E-state index in [0.717, 1.165) is 76.2 Å². The molecule has 0 bridgehead atoms. The number of nitrogens with one attached hydrogen (secondary N) is 1. The quantitative estimate of drug-likeness (QED) is 0.833. The molecule has 2 saturated heterocycles. The van der Waals surface area contributed by atoms with E-state index < -0.39 is 0 Å². The van der Waals surface area contributed by atoms with E-state index in [9.17, 15) is 0 Å². The molecule has 0 spiro atoms. The van der Waals surface area contributed by atoms with E-state index in [4.69, 9.17) is 9.15 Å². The molecule has 2 aliphatic heterocycles. The number of piperidine rings is 1. The van der Waals surface area contributed by atoms with Crippen molar-refractivity contribution in [1.29, 1.82) is 0 Å². The second-order valence-electron chi connectivity index (χ2n) is 7.33.